The molecule has 0 aliphatic carbocycles. The van der Waals surface area contributed by atoms with Gasteiger partial charge in [-0.3, -0.25) is 4.79 Å². The van der Waals surface area contributed by atoms with Crippen molar-refractivity contribution >= 4 is 11.7 Å². The molecule has 1 aromatic heterocycles. The van der Waals surface area contributed by atoms with E-state index in [2.05, 4.69) is 20.8 Å². The minimum atomic E-state index is -0.337. The van der Waals surface area contributed by atoms with Gasteiger partial charge in [-0.15, -0.1) is 5.10 Å². The summed E-state index contributed by atoms with van der Waals surface area (Å²) in [5.41, 5.74) is -0.227. The van der Waals surface area contributed by atoms with Gasteiger partial charge in [-0.2, -0.15) is 5.10 Å². The Morgan fingerprint density at radius 2 is 2.12 bits per heavy atom. The van der Waals surface area contributed by atoms with Crippen molar-refractivity contribution in [2.45, 2.75) is 39.3 Å². The number of carbonyl (C=O) groups is 1. The summed E-state index contributed by atoms with van der Waals surface area (Å²) in [6.07, 6.45) is 1.59. The van der Waals surface area contributed by atoms with Crippen LogP contribution in [0, 0.1) is 0 Å². The standard InChI is InChI=1S/C11H18N4O/c1-8(10(16)14-11(2,3)4)13-9-6-5-7-12-15-9/h5-8H,1-4H3,(H,13,15)(H,14,16). The molecule has 5 nitrogen and oxygen atoms in total. The summed E-state index contributed by atoms with van der Waals surface area (Å²) in [5.74, 6) is 0.539. The molecular formula is C11H18N4O. The van der Waals surface area contributed by atoms with Crippen LogP contribution in [0.1, 0.15) is 27.7 Å². The molecule has 1 heterocycles. The van der Waals surface area contributed by atoms with Crippen molar-refractivity contribution in [3.8, 4) is 0 Å². The Hall–Kier alpha value is -1.65. The first kappa shape index (κ1) is 12.4. The van der Waals surface area contributed by atoms with Gasteiger partial charge in [0.25, 0.3) is 0 Å². The zero-order valence-electron chi connectivity index (χ0n) is 10.1. The molecule has 0 saturated carbocycles. The zero-order chi connectivity index (χ0) is 12.2. The summed E-state index contributed by atoms with van der Waals surface area (Å²) in [4.78, 5) is 11.7. The van der Waals surface area contributed by atoms with Crippen molar-refractivity contribution in [2.75, 3.05) is 5.32 Å². The topological polar surface area (TPSA) is 66.9 Å². The van der Waals surface area contributed by atoms with Gasteiger partial charge in [-0.05, 0) is 39.8 Å². The van der Waals surface area contributed by atoms with Gasteiger partial charge in [0.2, 0.25) is 5.91 Å². The Balaban J connectivity index is 2.53. The first-order valence-corrected chi connectivity index (χ1v) is 5.25. The van der Waals surface area contributed by atoms with E-state index in [9.17, 15) is 4.79 Å². The summed E-state index contributed by atoms with van der Waals surface area (Å²) in [5, 5.41) is 13.5. The number of amides is 1. The van der Waals surface area contributed by atoms with Gasteiger partial charge in [-0.1, -0.05) is 0 Å². The van der Waals surface area contributed by atoms with Gasteiger partial charge in [0.1, 0.15) is 11.9 Å². The van der Waals surface area contributed by atoms with Crippen LogP contribution in [0.15, 0.2) is 18.3 Å². The number of rotatable bonds is 3. The molecule has 1 amide bonds. The van der Waals surface area contributed by atoms with Crippen LogP contribution in [0.5, 0.6) is 0 Å². The van der Waals surface area contributed by atoms with Crippen LogP contribution < -0.4 is 10.6 Å². The molecule has 1 atom stereocenters. The summed E-state index contributed by atoms with van der Waals surface area (Å²) in [6.45, 7) is 7.62. The van der Waals surface area contributed by atoms with E-state index < -0.39 is 0 Å². The van der Waals surface area contributed by atoms with Crippen LogP contribution in [-0.4, -0.2) is 27.7 Å². The van der Waals surface area contributed by atoms with E-state index in [0.29, 0.717) is 5.82 Å². The van der Waals surface area contributed by atoms with E-state index in [1.807, 2.05) is 20.8 Å². The number of hydrogen-bond donors (Lipinski definition) is 2. The maximum absolute atomic E-state index is 11.7. The molecule has 2 N–H and O–H groups in total. The minimum Gasteiger partial charge on any atom is -0.357 e. The van der Waals surface area contributed by atoms with Gasteiger partial charge >= 0.3 is 0 Å². The SMILES string of the molecule is CC(Nc1cccnn1)C(=O)NC(C)(C)C. The van der Waals surface area contributed by atoms with Crippen LogP contribution >= 0.6 is 0 Å². The molecule has 5 heteroatoms. The lowest BCUT2D eigenvalue weighted by Gasteiger charge is -2.23. The van der Waals surface area contributed by atoms with Crippen LogP contribution in [0.3, 0.4) is 0 Å². The van der Waals surface area contributed by atoms with E-state index in [1.165, 1.54) is 0 Å². The molecule has 1 rings (SSSR count). The number of nitrogens with one attached hydrogen (secondary N) is 2. The maximum Gasteiger partial charge on any atom is 0.242 e. The molecule has 0 bridgehead atoms. The Bertz CT molecular complexity index is 345. The second-order valence-electron chi connectivity index (χ2n) is 4.71. The van der Waals surface area contributed by atoms with E-state index in [4.69, 9.17) is 0 Å². The molecule has 0 aromatic carbocycles. The van der Waals surface area contributed by atoms with Crippen LogP contribution in [0.2, 0.25) is 0 Å². The van der Waals surface area contributed by atoms with Crippen molar-refractivity contribution < 1.29 is 4.79 Å². The highest BCUT2D eigenvalue weighted by Gasteiger charge is 2.19. The molecule has 0 spiro atoms. The van der Waals surface area contributed by atoms with E-state index in [0.717, 1.165) is 0 Å². The molecular weight excluding hydrogens is 204 g/mol. The Kier molecular flexibility index (Phi) is 3.82. The smallest absolute Gasteiger partial charge is 0.242 e. The van der Waals surface area contributed by atoms with Gasteiger partial charge in [0.15, 0.2) is 0 Å². The maximum atomic E-state index is 11.7. The molecule has 1 unspecified atom stereocenters. The fourth-order valence-electron chi connectivity index (χ4n) is 1.14. The summed E-state index contributed by atoms with van der Waals surface area (Å²) in [6, 6.07) is 3.20. The number of anilines is 1. The van der Waals surface area contributed by atoms with Crippen LogP contribution in [0.4, 0.5) is 5.82 Å². The number of aromatic nitrogens is 2. The summed E-state index contributed by atoms with van der Waals surface area (Å²) >= 11 is 0. The van der Waals surface area contributed by atoms with Gasteiger partial charge < -0.3 is 10.6 Å². The Labute approximate surface area is 95.7 Å². The molecule has 0 aliphatic heterocycles. The van der Waals surface area contributed by atoms with Crippen LogP contribution in [0.25, 0.3) is 0 Å². The number of carbonyl (C=O) groups excluding carboxylic acids is 1. The van der Waals surface area contributed by atoms with Crippen molar-refractivity contribution in [1.82, 2.24) is 15.5 Å². The van der Waals surface area contributed by atoms with Crippen molar-refractivity contribution in [3.63, 3.8) is 0 Å². The lowest BCUT2D eigenvalue weighted by Crippen LogP contribution is -2.47. The first-order chi connectivity index (χ1) is 7.38. The molecule has 0 fully saturated rings. The normalized spacial score (nSPS) is 13.0. The quantitative estimate of drug-likeness (QED) is 0.806. The zero-order valence-corrected chi connectivity index (χ0v) is 10.1. The first-order valence-electron chi connectivity index (χ1n) is 5.25. The average Bonchev–Trinajstić information content (AvgIpc) is 2.16. The van der Waals surface area contributed by atoms with E-state index >= 15 is 0 Å². The second-order valence-corrected chi connectivity index (χ2v) is 4.71. The lowest BCUT2D eigenvalue weighted by molar-refractivity contribution is -0.122. The molecule has 0 aliphatic rings. The molecule has 16 heavy (non-hydrogen) atoms. The molecule has 1 aromatic rings. The lowest BCUT2D eigenvalue weighted by atomic mass is 10.1. The van der Waals surface area contributed by atoms with Gasteiger partial charge in [0.05, 0.1) is 0 Å². The summed E-state index contributed by atoms with van der Waals surface area (Å²) in [7, 11) is 0. The number of hydrogen-bond acceptors (Lipinski definition) is 4. The molecule has 0 saturated heterocycles. The minimum absolute atomic E-state index is 0.0573. The third-order valence-electron chi connectivity index (χ3n) is 1.83. The molecule has 0 radical (unpaired) electrons. The Morgan fingerprint density at radius 3 is 2.62 bits per heavy atom. The predicted octanol–water partition coefficient (Wildman–Crippen LogP) is 1.19. The fraction of sp³-hybridized carbons (Fsp3) is 0.545. The number of nitrogens with zero attached hydrogens (tertiary/aromatic N) is 2. The molecule has 88 valence electrons. The van der Waals surface area contributed by atoms with E-state index in [1.54, 1.807) is 25.3 Å². The highest BCUT2D eigenvalue weighted by atomic mass is 16.2. The fourth-order valence-corrected chi connectivity index (χ4v) is 1.14. The Morgan fingerprint density at radius 1 is 1.44 bits per heavy atom. The van der Waals surface area contributed by atoms with Gasteiger partial charge in [0, 0.05) is 11.7 Å². The second kappa shape index (κ2) is 4.92. The van der Waals surface area contributed by atoms with Crippen molar-refractivity contribution in [1.29, 1.82) is 0 Å². The average molecular weight is 222 g/mol. The van der Waals surface area contributed by atoms with E-state index in [-0.39, 0.29) is 17.5 Å². The van der Waals surface area contributed by atoms with Gasteiger partial charge in [-0.25, -0.2) is 0 Å². The highest BCUT2D eigenvalue weighted by molar-refractivity contribution is 5.84. The summed E-state index contributed by atoms with van der Waals surface area (Å²) < 4.78 is 0. The third-order valence-corrected chi connectivity index (χ3v) is 1.83. The van der Waals surface area contributed by atoms with Crippen molar-refractivity contribution in [3.05, 3.63) is 18.3 Å². The van der Waals surface area contributed by atoms with Crippen molar-refractivity contribution in [2.24, 2.45) is 0 Å². The third kappa shape index (κ3) is 4.25. The predicted molar refractivity (Wildman–Crippen MR) is 63.0 cm³/mol. The van der Waals surface area contributed by atoms with Crippen LogP contribution in [-0.2, 0) is 4.79 Å². The highest BCUT2D eigenvalue weighted by Crippen LogP contribution is 2.04. The largest absolute Gasteiger partial charge is 0.357 e. The monoisotopic (exact) mass is 222 g/mol.